The van der Waals surface area contributed by atoms with Crippen LogP contribution in [0.1, 0.15) is 37.6 Å². The molecule has 0 aromatic carbocycles. The molecule has 2 atom stereocenters. The molecule has 0 amide bonds. The Balaban J connectivity index is 1.65. The summed E-state index contributed by atoms with van der Waals surface area (Å²) >= 11 is 1.74. The van der Waals surface area contributed by atoms with E-state index in [2.05, 4.69) is 17.2 Å². The number of rotatable bonds is 4. The van der Waals surface area contributed by atoms with Crippen LogP contribution < -0.4 is 5.32 Å². The summed E-state index contributed by atoms with van der Waals surface area (Å²) in [5.41, 5.74) is 0. The second-order valence-electron chi connectivity index (χ2n) is 4.69. The lowest BCUT2D eigenvalue weighted by Gasteiger charge is -2.26. The van der Waals surface area contributed by atoms with Crippen LogP contribution in [0.15, 0.2) is 11.6 Å². The lowest BCUT2D eigenvalue weighted by Crippen LogP contribution is -2.26. The van der Waals surface area contributed by atoms with Crippen LogP contribution in [0.5, 0.6) is 0 Å². The lowest BCUT2D eigenvalue weighted by molar-refractivity contribution is 0.274. The van der Waals surface area contributed by atoms with Crippen molar-refractivity contribution in [2.24, 2.45) is 11.8 Å². The number of aromatic nitrogens is 1. The summed E-state index contributed by atoms with van der Waals surface area (Å²) in [6.45, 7) is 4.50. The fourth-order valence-electron chi connectivity index (χ4n) is 2.47. The summed E-state index contributed by atoms with van der Waals surface area (Å²) in [6, 6.07) is 0. The molecule has 1 aromatic heterocycles. The van der Waals surface area contributed by atoms with Crippen molar-refractivity contribution in [3.8, 4) is 0 Å². The van der Waals surface area contributed by atoms with E-state index >= 15 is 0 Å². The van der Waals surface area contributed by atoms with Gasteiger partial charge in [-0.3, -0.25) is 0 Å². The third-order valence-electron chi connectivity index (χ3n) is 3.24. The lowest BCUT2D eigenvalue weighted by atomic mass is 9.82. The van der Waals surface area contributed by atoms with Crippen LogP contribution in [-0.4, -0.2) is 11.5 Å². The molecule has 2 rings (SSSR count). The van der Waals surface area contributed by atoms with Gasteiger partial charge in [-0.15, -0.1) is 11.3 Å². The molecule has 1 fully saturated rings. The Labute approximate surface area is 96.1 Å². The SMILES string of the molecule is CC1CCCC(CNCc2nccs2)C1. The van der Waals surface area contributed by atoms with Crippen molar-refractivity contribution in [1.29, 1.82) is 0 Å². The van der Waals surface area contributed by atoms with Crippen LogP contribution in [0.3, 0.4) is 0 Å². The van der Waals surface area contributed by atoms with Gasteiger partial charge in [0.2, 0.25) is 0 Å². The van der Waals surface area contributed by atoms with Gasteiger partial charge in [0.25, 0.3) is 0 Å². The van der Waals surface area contributed by atoms with Gasteiger partial charge in [0.15, 0.2) is 0 Å². The van der Waals surface area contributed by atoms with E-state index in [0.29, 0.717) is 0 Å². The van der Waals surface area contributed by atoms with Crippen molar-refractivity contribution in [3.05, 3.63) is 16.6 Å². The summed E-state index contributed by atoms with van der Waals surface area (Å²) in [4.78, 5) is 4.27. The Kier molecular flexibility index (Phi) is 4.15. The number of hydrogen-bond donors (Lipinski definition) is 1. The van der Waals surface area contributed by atoms with Gasteiger partial charge < -0.3 is 5.32 Å². The van der Waals surface area contributed by atoms with E-state index < -0.39 is 0 Å². The molecule has 1 heterocycles. The van der Waals surface area contributed by atoms with E-state index in [1.54, 1.807) is 11.3 Å². The predicted octanol–water partition coefficient (Wildman–Crippen LogP) is 3.06. The highest BCUT2D eigenvalue weighted by Crippen LogP contribution is 2.27. The summed E-state index contributed by atoms with van der Waals surface area (Å²) in [5, 5.41) is 6.77. The Bertz CT molecular complexity index is 271. The van der Waals surface area contributed by atoms with Gasteiger partial charge in [0.1, 0.15) is 5.01 Å². The molecule has 1 aromatic rings. The molecule has 15 heavy (non-hydrogen) atoms. The third kappa shape index (κ3) is 3.58. The molecule has 84 valence electrons. The van der Waals surface area contributed by atoms with E-state index in [4.69, 9.17) is 0 Å². The maximum atomic E-state index is 4.27. The van der Waals surface area contributed by atoms with Gasteiger partial charge in [0.05, 0.1) is 0 Å². The number of nitrogens with zero attached hydrogens (tertiary/aromatic N) is 1. The number of hydrogen-bond acceptors (Lipinski definition) is 3. The predicted molar refractivity (Wildman–Crippen MR) is 64.9 cm³/mol. The maximum Gasteiger partial charge on any atom is 0.106 e. The minimum atomic E-state index is 0.897. The summed E-state index contributed by atoms with van der Waals surface area (Å²) in [7, 11) is 0. The molecule has 2 unspecified atom stereocenters. The first-order valence-corrected chi connectivity index (χ1v) is 6.81. The van der Waals surface area contributed by atoms with Crippen LogP contribution in [0.2, 0.25) is 0 Å². The maximum absolute atomic E-state index is 4.27. The van der Waals surface area contributed by atoms with Crippen LogP contribution in [-0.2, 0) is 6.54 Å². The van der Waals surface area contributed by atoms with Crippen LogP contribution in [0.4, 0.5) is 0 Å². The van der Waals surface area contributed by atoms with E-state index in [0.717, 1.165) is 18.4 Å². The first-order valence-electron chi connectivity index (χ1n) is 5.93. The third-order valence-corrected chi connectivity index (χ3v) is 4.02. The Hall–Kier alpha value is -0.410. The molecular weight excluding hydrogens is 204 g/mol. The molecule has 0 radical (unpaired) electrons. The Morgan fingerprint density at radius 2 is 2.47 bits per heavy atom. The Morgan fingerprint density at radius 3 is 3.20 bits per heavy atom. The average molecular weight is 224 g/mol. The summed E-state index contributed by atoms with van der Waals surface area (Å²) in [5.74, 6) is 1.83. The first-order chi connectivity index (χ1) is 7.34. The fourth-order valence-corrected chi connectivity index (χ4v) is 3.05. The number of thiazole rings is 1. The van der Waals surface area contributed by atoms with E-state index in [9.17, 15) is 0 Å². The second-order valence-corrected chi connectivity index (χ2v) is 5.67. The average Bonchev–Trinajstić information content (AvgIpc) is 2.71. The molecule has 0 spiro atoms. The molecule has 1 aliphatic rings. The highest BCUT2D eigenvalue weighted by Gasteiger charge is 2.18. The minimum Gasteiger partial charge on any atom is -0.310 e. The zero-order valence-corrected chi connectivity index (χ0v) is 10.2. The van der Waals surface area contributed by atoms with Crippen LogP contribution >= 0.6 is 11.3 Å². The van der Waals surface area contributed by atoms with Gasteiger partial charge in [-0.1, -0.05) is 19.8 Å². The quantitative estimate of drug-likeness (QED) is 0.850. The Morgan fingerprint density at radius 1 is 1.53 bits per heavy atom. The molecule has 1 aliphatic carbocycles. The molecule has 3 heteroatoms. The van der Waals surface area contributed by atoms with Crippen molar-refractivity contribution in [2.75, 3.05) is 6.54 Å². The van der Waals surface area contributed by atoms with E-state index in [-0.39, 0.29) is 0 Å². The highest BCUT2D eigenvalue weighted by molar-refractivity contribution is 7.09. The topological polar surface area (TPSA) is 24.9 Å². The normalized spacial score (nSPS) is 26.7. The van der Waals surface area contributed by atoms with Crippen molar-refractivity contribution >= 4 is 11.3 Å². The van der Waals surface area contributed by atoms with Gasteiger partial charge >= 0.3 is 0 Å². The second kappa shape index (κ2) is 5.61. The fraction of sp³-hybridized carbons (Fsp3) is 0.750. The van der Waals surface area contributed by atoms with Crippen molar-refractivity contribution in [1.82, 2.24) is 10.3 Å². The van der Waals surface area contributed by atoms with Gasteiger partial charge in [0, 0.05) is 18.1 Å². The van der Waals surface area contributed by atoms with Gasteiger partial charge in [-0.2, -0.15) is 0 Å². The zero-order chi connectivity index (χ0) is 10.5. The smallest absolute Gasteiger partial charge is 0.106 e. The highest BCUT2D eigenvalue weighted by atomic mass is 32.1. The first kappa shape index (κ1) is 11.1. The van der Waals surface area contributed by atoms with Crippen molar-refractivity contribution < 1.29 is 0 Å². The standard InChI is InChI=1S/C12H20N2S/c1-10-3-2-4-11(7-10)8-13-9-12-14-5-6-15-12/h5-6,10-11,13H,2-4,7-9H2,1H3. The monoisotopic (exact) mass is 224 g/mol. The van der Waals surface area contributed by atoms with Crippen molar-refractivity contribution in [3.63, 3.8) is 0 Å². The molecule has 2 nitrogen and oxygen atoms in total. The van der Waals surface area contributed by atoms with Gasteiger partial charge in [-0.05, 0) is 31.2 Å². The summed E-state index contributed by atoms with van der Waals surface area (Å²) in [6.07, 6.45) is 7.55. The van der Waals surface area contributed by atoms with Crippen LogP contribution in [0, 0.1) is 11.8 Å². The van der Waals surface area contributed by atoms with E-state index in [1.807, 2.05) is 11.6 Å². The summed E-state index contributed by atoms with van der Waals surface area (Å²) < 4.78 is 0. The van der Waals surface area contributed by atoms with Crippen molar-refractivity contribution in [2.45, 2.75) is 39.2 Å². The molecular formula is C12H20N2S. The molecule has 1 saturated carbocycles. The molecule has 1 N–H and O–H groups in total. The zero-order valence-electron chi connectivity index (χ0n) is 9.41. The molecule has 0 saturated heterocycles. The van der Waals surface area contributed by atoms with Gasteiger partial charge in [-0.25, -0.2) is 4.98 Å². The molecule has 0 bridgehead atoms. The number of nitrogens with one attached hydrogen (secondary N) is 1. The van der Waals surface area contributed by atoms with E-state index in [1.165, 1.54) is 37.2 Å². The minimum absolute atomic E-state index is 0.897. The largest absolute Gasteiger partial charge is 0.310 e. The van der Waals surface area contributed by atoms with Crippen LogP contribution in [0.25, 0.3) is 0 Å². The molecule has 0 aliphatic heterocycles.